The van der Waals surface area contributed by atoms with Crippen molar-refractivity contribution in [1.29, 1.82) is 0 Å². The van der Waals surface area contributed by atoms with Crippen LogP contribution in [0.2, 0.25) is 0 Å². The Labute approximate surface area is 302 Å². The average Bonchev–Trinajstić information content (AvgIpc) is 3.65. The summed E-state index contributed by atoms with van der Waals surface area (Å²) in [5, 5.41) is 5.24. The van der Waals surface area contributed by atoms with Crippen LogP contribution in [0.4, 0.5) is 17.1 Å². The van der Waals surface area contributed by atoms with Gasteiger partial charge in [-0.15, -0.1) is 11.3 Å². The van der Waals surface area contributed by atoms with E-state index in [2.05, 4.69) is 195 Å². The lowest BCUT2D eigenvalue weighted by Gasteiger charge is -2.27. The molecule has 0 spiro atoms. The number of thiophene rings is 1. The Balaban J connectivity index is 1.06. The number of hydrogen-bond acceptors (Lipinski definition) is 2. The minimum Gasteiger partial charge on any atom is -0.310 e. The largest absolute Gasteiger partial charge is 0.310 e. The normalized spacial score (nSPS) is 13.1. The smallest absolute Gasteiger partial charge is 0.0468 e. The Hall–Kier alpha value is -5.96. The third kappa shape index (κ3) is 4.90. The van der Waals surface area contributed by atoms with E-state index in [9.17, 15) is 0 Å². The predicted molar refractivity (Wildman–Crippen MR) is 220 cm³/mol. The summed E-state index contributed by atoms with van der Waals surface area (Å²) in [7, 11) is 0. The van der Waals surface area contributed by atoms with Crippen LogP contribution in [0.15, 0.2) is 176 Å². The topological polar surface area (TPSA) is 3.24 Å². The molecule has 1 heterocycles. The van der Waals surface area contributed by atoms with E-state index in [-0.39, 0.29) is 5.41 Å². The molecule has 1 aromatic heterocycles. The highest BCUT2D eigenvalue weighted by Crippen LogP contribution is 2.50. The maximum atomic E-state index is 2.39. The minimum absolute atomic E-state index is 0.0309. The van der Waals surface area contributed by atoms with Gasteiger partial charge in [-0.3, -0.25) is 0 Å². The molecule has 0 saturated heterocycles. The van der Waals surface area contributed by atoms with Gasteiger partial charge in [0.1, 0.15) is 0 Å². The zero-order chi connectivity index (χ0) is 34.1. The molecule has 10 rings (SSSR count). The summed E-state index contributed by atoms with van der Waals surface area (Å²) in [4.78, 5) is 2.39. The lowest BCUT2D eigenvalue weighted by atomic mass is 9.82. The number of anilines is 3. The Morgan fingerprint density at radius 1 is 0.392 bits per heavy atom. The summed E-state index contributed by atoms with van der Waals surface area (Å²) in [6.45, 7) is 4.68. The Morgan fingerprint density at radius 3 is 1.78 bits per heavy atom. The molecule has 1 aliphatic rings. The Kier molecular flexibility index (Phi) is 6.78. The van der Waals surface area contributed by atoms with Crippen LogP contribution in [0, 0.1) is 0 Å². The zero-order valence-corrected chi connectivity index (χ0v) is 29.4. The van der Waals surface area contributed by atoms with Crippen molar-refractivity contribution in [2.45, 2.75) is 19.3 Å². The molecule has 0 amide bonds. The average molecular weight is 670 g/mol. The first kappa shape index (κ1) is 29.9. The van der Waals surface area contributed by atoms with Gasteiger partial charge in [0.15, 0.2) is 0 Å². The van der Waals surface area contributed by atoms with Crippen molar-refractivity contribution in [2.24, 2.45) is 0 Å². The molecule has 1 aliphatic carbocycles. The van der Waals surface area contributed by atoms with Crippen molar-refractivity contribution in [3.05, 3.63) is 187 Å². The van der Waals surface area contributed by atoms with Crippen LogP contribution in [0.3, 0.4) is 0 Å². The first-order chi connectivity index (χ1) is 25.0. The van der Waals surface area contributed by atoms with Gasteiger partial charge in [-0.25, -0.2) is 0 Å². The standard InChI is InChI=1S/C49H35NS/c1-49(2)45-14-8-6-12-41(45)43-31-40(26-27-46(43)49)50(38-22-18-33(19-23-38)32-10-4-3-5-11-32)39-24-20-34(21-25-39)35-16-17-36-29-44-42-13-7-9-15-47(42)51-48(44)30-37(36)28-35/h3-31H,1-2H3. The fourth-order valence-corrected chi connectivity index (χ4v) is 9.32. The summed E-state index contributed by atoms with van der Waals surface area (Å²) in [6.07, 6.45) is 0. The van der Waals surface area contributed by atoms with E-state index >= 15 is 0 Å². The highest BCUT2D eigenvalue weighted by atomic mass is 32.1. The van der Waals surface area contributed by atoms with Gasteiger partial charge in [0.05, 0.1) is 0 Å². The van der Waals surface area contributed by atoms with Crippen molar-refractivity contribution in [2.75, 3.05) is 4.90 Å². The Morgan fingerprint density at radius 2 is 1.00 bits per heavy atom. The molecular weight excluding hydrogens is 635 g/mol. The first-order valence-corrected chi connectivity index (χ1v) is 18.5. The second-order valence-electron chi connectivity index (χ2n) is 14.2. The molecular formula is C49H35NS. The lowest BCUT2D eigenvalue weighted by Crippen LogP contribution is -2.15. The van der Waals surface area contributed by atoms with Crippen LogP contribution < -0.4 is 4.90 Å². The van der Waals surface area contributed by atoms with Crippen molar-refractivity contribution >= 4 is 59.3 Å². The van der Waals surface area contributed by atoms with E-state index in [1.165, 1.54) is 75.5 Å². The van der Waals surface area contributed by atoms with E-state index in [0.29, 0.717) is 0 Å². The first-order valence-electron chi connectivity index (χ1n) is 17.7. The van der Waals surface area contributed by atoms with E-state index in [1.807, 2.05) is 11.3 Å². The van der Waals surface area contributed by atoms with Gasteiger partial charge in [0.2, 0.25) is 0 Å². The van der Waals surface area contributed by atoms with E-state index in [1.54, 1.807) is 0 Å². The van der Waals surface area contributed by atoms with Crippen LogP contribution >= 0.6 is 11.3 Å². The fraction of sp³-hybridized carbons (Fsp3) is 0.0612. The van der Waals surface area contributed by atoms with Crippen LogP contribution in [-0.2, 0) is 5.41 Å². The summed E-state index contributed by atoms with van der Waals surface area (Å²) in [5.41, 5.74) is 13.7. The fourth-order valence-electron chi connectivity index (χ4n) is 8.18. The van der Waals surface area contributed by atoms with E-state index in [0.717, 1.165) is 17.1 Å². The molecule has 0 N–H and O–H groups in total. The second-order valence-corrected chi connectivity index (χ2v) is 15.3. The molecule has 0 radical (unpaired) electrons. The van der Waals surface area contributed by atoms with Gasteiger partial charge < -0.3 is 4.90 Å². The number of nitrogens with zero attached hydrogens (tertiary/aromatic N) is 1. The monoisotopic (exact) mass is 669 g/mol. The molecule has 51 heavy (non-hydrogen) atoms. The van der Waals surface area contributed by atoms with E-state index in [4.69, 9.17) is 0 Å². The van der Waals surface area contributed by atoms with Crippen LogP contribution in [0.25, 0.3) is 64.3 Å². The van der Waals surface area contributed by atoms with Gasteiger partial charge in [0, 0.05) is 42.6 Å². The molecule has 0 atom stereocenters. The highest BCUT2D eigenvalue weighted by molar-refractivity contribution is 7.25. The van der Waals surface area contributed by atoms with Gasteiger partial charge in [-0.05, 0) is 116 Å². The molecule has 0 fully saturated rings. The van der Waals surface area contributed by atoms with Gasteiger partial charge in [-0.1, -0.05) is 129 Å². The second kappa shape index (κ2) is 11.6. The van der Waals surface area contributed by atoms with Gasteiger partial charge in [-0.2, -0.15) is 0 Å². The molecule has 8 aromatic carbocycles. The van der Waals surface area contributed by atoms with Crippen molar-refractivity contribution < 1.29 is 0 Å². The summed E-state index contributed by atoms with van der Waals surface area (Å²) in [5.74, 6) is 0. The van der Waals surface area contributed by atoms with Gasteiger partial charge >= 0.3 is 0 Å². The van der Waals surface area contributed by atoms with Gasteiger partial charge in [0.25, 0.3) is 0 Å². The maximum Gasteiger partial charge on any atom is 0.0468 e. The summed E-state index contributed by atoms with van der Waals surface area (Å²) < 4.78 is 2.68. The minimum atomic E-state index is -0.0309. The molecule has 0 unspecified atom stereocenters. The molecule has 2 heteroatoms. The summed E-state index contributed by atoms with van der Waals surface area (Å²) in [6, 6.07) is 64.9. The number of benzene rings is 8. The SMILES string of the molecule is CC1(C)c2ccccc2-c2cc(N(c3ccc(-c4ccccc4)cc3)c3ccc(-c4ccc5cc6c(cc5c4)sc4ccccc46)cc3)ccc21. The number of rotatable bonds is 5. The third-order valence-corrected chi connectivity index (χ3v) is 12.0. The molecule has 242 valence electrons. The Bertz CT molecular complexity index is 2750. The number of fused-ring (bicyclic) bond motifs is 7. The maximum absolute atomic E-state index is 2.39. The molecule has 0 aliphatic heterocycles. The number of hydrogen-bond donors (Lipinski definition) is 0. The molecule has 0 saturated carbocycles. The highest BCUT2D eigenvalue weighted by Gasteiger charge is 2.35. The molecule has 0 bridgehead atoms. The van der Waals surface area contributed by atoms with Crippen molar-refractivity contribution in [3.8, 4) is 33.4 Å². The zero-order valence-electron chi connectivity index (χ0n) is 28.6. The van der Waals surface area contributed by atoms with Crippen LogP contribution in [0.1, 0.15) is 25.0 Å². The van der Waals surface area contributed by atoms with Crippen LogP contribution in [-0.4, -0.2) is 0 Å². The van der Waals surface area contributed by atoms with Crippen molar-refractivity contribution in [3.63, 3.8) is 0 Å². The van der Waals surface area contributed by atoms with E-state index < -0.39 is 0 Å². The summed E-state index contributed by atoms with van der Waals surface area (Å²) >= 11 is 1.88. The van der Waals surface area contributed by atoms with Crippen molar-refractivity contribution in [1.82, 2.24) is 0 Å². The lowest BCUT2D eigenvalue weighted by molar-refractivity contribution is 0.660. The van der Waals surface area contributed by atoms with Crippen LogP contribution in [0.5, 0.6) is 0 Å². The predicted octanol–water partition coefficient (Wildman–Crippen LogP) is 14.3. The third-order valence-electron chi connectivity index (χ3n) is 10.9. The quantitative estimate of drug-likeness (QED) is 0.176. The molecule has 1 nitrogen and oxygen atoms in total. The molecule has 9 aromatic rings.